The molecule has 0 radical (unpaired) electrons. The molecule has 0 spiro atoms. The lowest BCUT2D eigenvalue weighted by atomic mass is 10.2. The predicted octanol–water partition coefficient (Wildman–Crippen LogP) is 3.51. The number of anilines is 1. The second-order valence-electron chi connectivity index (χ2n) is 4.44. The number of nitrogens with one attached hydrogen (secondary N) is 2. The van der Waals surface area contributed by atoms with Gasteiger partial charge in [-0.25, -0.2) is 0 Å². The summed E-state index contributed by atoms with van der Waals surface area (Å²) in [6.07, 6.45) is 3.79. The lowest BCUT2D eigenvalue weighted by Crippen LogP contribution is -2.24. The van der Waals surface area contributed by atoms with Crippen LogP contribution in [0.1, 0.15) is 12.0 Å². The summed E-state index contributed by atoms with van der Waals surface area (Å²) in [5.74, 6) is -0.0311. The molecule has 2 rings (SSSR count). The first-order chi connectivity index (χ1) is 10.1. The molecule has 0 aliphatic carbocycles. The van der Waals surface area contributed by atoms with Crippen LogP contribution in [0, 0.1) is 0 Å². The molecule has 0 unspecified atom stereocenters. The molecule has 4 nitrogen and oxygen atoms in total. The summed E-state index contributed by atoms with van der Waals surface area (Å²) in [7, 11) is 0. The Labute approximate surface area is 133 Å². The van der Waals surface area contributed by atoms with Gasteiger partial charge in [-0.1, -0.05) is 29.3 Å². The Kier molecular flexibility index (Phi) is 5.84. The average Bonchev–Trinajstić information content (AvgIpc) is 2.48. The Hall–Kier alpha value is -1.78. The normalized spacial score (nSPS) is 10.2. The topological polar surface area (TPSA) is 54.0 Å². The molecule has 0 saturated carbocycles. The van der Waals surface area contributed by atoms with Crippen molar-refractivity contribution in [1.82, 2.24) is 10.3 Å². The van der Waals surface area contributed by atoms with Crippen LogP contribution in [0.3, 0.4) is 0 Å². The molecule has 1 heterocycles. The van der Waals surface area contributed by atoms with Gasteiger partial charge in [-0.3, -0.25) is 9.78 Å². The largest absolute Gasteiger partial charge is 0.383 e. The molecule has 0 aliphatic rings. The lowest BCUT2D eigenvalue weighted by molar-refractivity contribution is -0.121. The quantitative estimate of drug-likeness (QED) is 0.855. The van der Waals surface area contributed by atoms with E-state index in [1.54, 1.807) is 30.6 Å². The van der Waals surface area contributed by atoms with Crippen molar-refractivity contribution >= 4 is 34.8 Å². The van der Waals surface area contributed by atoms with Crippen molar-refractivity contribution in [3.8, 4) is 0 Å². The number of carbonyl (C=O) groups excluding carboxylic acids is 1. The van der Waals surface area contributed by atoms with E-state index in [-0.39, 0.29) is 5.91 Å². The van der Waals surface area contributed by atoms with Crippen LogP contribution in [0.2, 0.25) is 10.0 Å². The fourth-order valence-corrected chi connectivity index (χ4v) is 2.21. The number of hydrogen-bond donors (Lipinski definition) is 2. The lowest BCUT2D eigenvalue weighted by Gasteiger charge is -2.09. The van der Waals surface area contributed by atoms with Gasteiger partial charge in [-0.05, 0) is 29.8 Å². The summed E-state index contributed by atoms with van der Waals surface area (Å²) < 4.78 is 0. The van der Waals surface area contributed by atoms with E-state index < -0.39 is 0 Å². The average molecular weight is 324 g/mol. The molecule has 1 amide bonds. The SMILES string of the molecule is O=C(CCNc1ccc(Cl)cc1Cl)NCc1cccnc1. The molecule has 0 bridgehead atoms. The molecule has 6 heteroatoms. The van der Waals surface area contributed by atoms with Gasteiger partial charge in [-0.15, -0.1) is 0 Å². The van der Waals surface area contributed by atoms with Crippen molar-refractivity contribution in [3.05, 3.63) is 58.3 Å². The first-order valence-corrected chi connectivity index (χ1v) is 7.25. The maximum absolute atomic E-state index is 11.7. The molecule has 0 saturated heterocycles. The monoisotopic (exact) mass is 323 g/mol. The number of nitrogens with zero attached hydrogens (tertiary/aromatic N) is 1. The van der Waals surface area contributed by atoms with Gasteiger partial charge in [0.05, 0.1) is 10.7 Å². The molecule has 21 heavy (non-hydrogen) atoms. The molecule has 0 aliphatic heterocycles. The number of benzene rings is 1. The number of halogens is 2. The third-order valence-corrected chi connectivity index (χ3v) is 3.36. The highest BCUT2D eigenvalue weighted by atomic mass is 35.5. The standard InChI is InChI=1S/C15H15Cl2N3O/c16-12-3-4-14(13(17)8-12)19-7-5-15(21)20-10-11-2-1-6-18-9-11/h1-4,6,8-9,19H,5,7,10H2,(H,20,21). The van der Waals surface area contributed by atoms with E-state index in [9.17, 15) is 4.79 Å². The third-order valence-electron chi connectivity index (χ3n) is 2.81. The highest BCUT2D eigenvalue weighted by Gasteiger charge is 2.04. The van der Waals surface area contributed by atoms with Crippen molar-refractivity contribution in [2.24, 2.45) is 0 Å². The van der Waals surface area contributed by atoms with Crippen molar-refractivity contribution < 1.29 is 4.79 Å². The van der Waals surface area contributed by atoms with Gasteiger partial charge in [0.2, 0.25) is 5.91 Å². The van der Waals surface area contributed by atoms with Crippen LogP contribution in [0.15, 0.2) is 42.7 Å². The smallest absolute Gasteiger partial charge is 0.222 e. The van der Waals surface area contributed by atoms with Gasteiger partial charge in [-0.2, -0.15) is 0 Å². The van der Waals surface area contributed by atoms with E-state index in [1.165, 1.54) is 0 Å². The van der Waals surface area contributed by atoms with Gasteiger partial charge in [0.15, 0.2) is 0 Å². The molecular weight excluding hydrogens is 309 g/mol. The maximum Gasteiger partial charge on any atom is 0.222 e. The van der Waals surface area contributed by atoms with Crippen molar-refractivity contribution in [3.63, 3.8) is 0 Å². The zero-order chi connectivity index (χ0) is 15.1. The number of pyridine rings is 1. The summed E-state index contributed by atoms with van der Waals surface area (Å²) in [6.45, 7) is 0.981. The Morgan fingerprint density at radius 3 is 2.81 bits per heavy atom. The number of amides is 1. The van der Waals surface area contributed by atoms with E-state index >= 15 is 0 Å². The van der Waals surface area contributed by atoms with E-state index in [0.717, 1.165) is 11.3 Å². The Bertz CT molecular complexity index is 605. The molecule has 110 valence electrons. The number of rotatable bonds is 6. The highest BCUT2D eigenvalue weighted by Crippen LogP contribution is 2.25. The zero-order valence-corrected chi connectivity index (χ0v) is 12.8. The minimum absolute atomic E-state index is 0.0311. The van der Waals surface area contributed by atoms with Gasteiger partial charge in [0.25, 0.3) is 0 Å². The molecule has 2 N–H and O–H groups in total. The molecule has 0 atom stereocenters. The molecule has 1 aromatic heterocycles. The Morgan fingerprint density at radius 1 is 1.24 bits per heavy atom. The van der Waals surface area contributed by atoms with Gasteiger partial charge >= 0.3 is 0 Å². The number of hydrogen-bond acceptors (Lipinski definition) is 3. The molecule has 0 fully saturated rings. The van der Waals surface area contributed by atoms with Crippen LogP contribution in [-0.4, -0.2) is 17.4 Å². The summed E-state index contributed by atoms with van der Waals surface area (Å²) >= 11 is 11.9. The fraction of sp³-hybridized carbons (Fsp3) is 0.200. The van der Waals surface area contributed by atoms with Gasteiger partial charge in [0.1, 0.15) is 0 Å². The van der Waals surface area contributed by atoms with Gasteiger partial charge < -0.3 is 10.6 Å². The Balaban J connectivity index is 1.72. The first-order valence-electron chi connectivity index (χ1n) is 6.49. The zero-order valence-electron chi connectivity index (χ0n) is 11.3. The van der Waals surface area contributed by atoms with Crippen molar-refractivity contribution in [1.29, 1.82) is 0 Å². The summed E-state index contributed by atoms with van der Waals surface area (Å²) in [6, 6.07) is 8.95. The number of aromatic nitrogens is 1. The highest BCUT2D eigenvalue weighted by molar-refractivity contribution is 6.36. The van der Waals surface area contributed by atoms with Crippen molar-refractivity contribution in [2.45, 2.75) is 13.0 Å². The van der Waals surface area contributed by atoms with Crippen LogP contribution >= 0.6 is 23.2 Å². The van der Waals surface area contributed by atoms with E-state index in [2.05, 4.69) is 15.6 Å². The molecule has 1 aromatic carbocycles. The van der Waals surface area contributed by atoms with E-state index in [4.69, 9.17) is 23.2 Å². The maximum atomic E-state index is 11.7. The summed E-state index contributed by atoms with van der Waals surface area (Å²) in [5, 5.41) is 7.06. The fourth-order valence-electron chi connectivity index (χ4n) is 1.74. The van der Waals surface area contributed by atoms with Crippen LogP contribution in [0.4, 0.5) is 5.69 Å². The van der Waals surface area contributed by atoms with E-state index in [0.29, 0.717) is 29.6 Å². The van der Waals surface area contributed by atoms with Gasteiger partial charge in [0, 0.05) is 36.9 Å². The van der Waals surface area contributed by atoms with Crippen LogP contribution in [0.5, 0.6) is 0 Å². The summed E-state index contributed by atoms with van der Waals surface area (Å²) in [5.41, 5.74) is 1.74. The third kappa shape index (κ3) is 5.25. The van der Waals surface area contributed by atoms with E-state index in [1.807, 2.05) is 12.1 Å². The van der Waals surface area contributed by atoms with Crippen LogP contribution in [0.25, 0.3) is 0 Å². The Morgan fingerprint density at radius 2 is 2.10 bits per heavy atom. The van der Waals surface area contributed by atoms with Crippen molar-refractivity contribution in [2.75, 3.05) is 11.9 Å². The molecule has 2 aromatic rings. The first kappa shape index (κ1) is 15.6. The molecular formula is C15H15Cl2N3O. The summed E-state index contributed by atoms with van der Waals surface area (Å²) in [4.78, 5) is 15.7. The van der Waals surface area contributed by atoms with Crippen LogP contribution in [-0.2, 0) is 11.3 Å². The minimum atomic E-state index is -0.0311. The van der Waals surface area contributed by atoms with Crippen LogP contribution < -0.4 is 10.6 Å². The predicted molar refractivity (Wildman–Crippen MR) is 85.7 cm³/mol. The number of carbonyl (C=O) groups is 1. The second-order valence-corrected chi connectivity index (χ2v) is 5.28. The minimum Gasteiger partial charge on any atom is -0.383 e. The second kappa shape index (κ2) is 7.86.